The molecular formula is C15H26N6O5. The third-order valence-electron chi connectivity index (χ3n) is 3.63. The van der Waals surface area contributed by atoms with E-state index in [1.54, 1.807) is 27.9 Å². The third kappa shape index (κ3) is 6.22. The molecule has 0 bridgehead atoms. The number of urea groups is 1. The van der Waals surface area contributed by atoms with Crippen molar-refractivity contribution in [2.75, 3.05) is 27.2 Å². The summed E-state index contributed by atoms with van der Waals surface area (Å²) in [5.41, 5.74) is 4.31. The number of carbonyl (C=O) groups is 5. The van der Waals surface area contributed by atoms with E-state index >= 15 is 0 Å². The molecular weight excluding hydrogens is 344 g/mol. The lowest BCUT2D eigenvalue weighted by molar-refractivity contribution is -0.148. The van der Waals surface area contributed by atoms with Gasteiger partial charge in [-0.1, -0.05) is 0 Å². The van der Waals surface area contributed by atoms with Gasteiger partial charge >= 0.3 is 17.8 Å². The molecule has 1 aliphatic heterocycles. The van der Waals surface area contributed by atoms with E-state index in [9.17, 15) is 24.0 Å². The smallest absolute Gasteiger partial charge is 0.333 e. The molecule has 6 amide bonds. The first-order valence-corrected chi connectivity index (χ1v) is 8.28. The number of hydrogen-bond donors (Lipinski definition) is 4. The number of amides is 6. The number of nitrogens with one attached hydrogen (secondary N) is 4. The Labute approximate surface area is 151 Å². The fourth-order valence-corrected chi connectivity index (χ4v) is 2.30. The van der Waals surface area contributed by atoms with E-state index in [1.807, 2.05) is 0 Å². The van der Waals surface area contributed by atoms with Crippen molar-refractivity contribution in [2.45, 2.75) is 38.8 Å². The van der Waals surface area contributed by atoms with E-state index < -0.39 is 29.8 Å². The maximum Gasteiger partial charge on any atom is 0.333 e. The molecule has 0 unspecified atom stereocenters. The average molecular weight is 370 g/mol. The van der Waals surface area contributed by atoms with E-state index in [4.69, 9.17) is 0 Å². The molecule has 1 heterocycles. The van der Waals surface area contributed by atoms with Gasteiger partial charge in [-0.25, -0.2) is 10.2 Å². The standard InChI is InChI=1S/C15H26N6O5/c1-9(2)17-13(24)14(25)21-7-5-6-10(21)12(23)18-19-15(26)16-8-11(22)20(3)4/h9-10H,5-8H2,1-4H3,(H,17,24)(H,18,23)(H2,16,19,26)/t10-/m0/s1. The zero-order valence-electron chi connectivity index (χ0n) is 15.4. The van der Waals surface area contributed by atoms with Crippen molar-refractivity contribution < 1.29 is 24.0 Å². The van der Waals surface area contributed by atoms with Gasteiger partial charge in [0, 0.05) is 26.7 Å². The maximum absolute atomic E-state index is 12.2. The van der Waals surface area contributed by atoms with Gasteiger partial charge in [0.15, 0.2) is 0 Å². The van der Waals surface area contributed by atoms with E-state index in [-0.39, 0.29) is 25.0 Å². The lowest BCUT2D eigenvalue weighted by Crippen LogP contribution is -2.56. The van der Waals surface area contributed by atoms with Crippen LogP contribution in [0.4, 0.5) is 4.79 Å². The predicted molar refractivity (Wildman–Crippen MR) is 91.4 cm³/mol. The van der Waals surface area contributed by atoms with Crippen LogP contribution < -0.4 is 21.5 Å². The fourth-order valence-electron chi connectivity index (χ4n) is 2.30. The van der Waals surface area contributed by atoms with Crippen molar-refractivity contribution >= 4 is 29.7 Å². The van der Waals surface area contributed by atoms with Crippen molar-refractivity contribution in [2.24, 2.45) is 0 Å². The SMILES string of the molecule is CC(C)NC(=O)C(=O)N1CCC[C@H]1C(=O)NNC(=O)NCC(=O)N(C)C. The lowest BCUT2D eigenvalue weighted by Gasteiger charge is -2.23. The fraction of sp³-hybridized carbons (Fsp3) is 0.667. The first-order chi connectivity index (χ1) is 12.1. The number of carbonyl (C=O) groups excluding carboxylic acids is 5. The number of nitrogens with zero attached hydrogens (tertiary/aromatic N) is 2. The predicted octanol–water partition coefficient (Wildman–Crippen LogP) is -2.08. The van der Waals surface area contributed by atoms with Gasteiger partial charge in [-0.05, 0) is 26.7 Å². The van der Waals surface area contributed by atoms with Crippen LogP contribution in [0.1, 0.15) is 26.7 Å². The minimum absolute atomic E-state index is 0.198. The lowest BCUT2D eigenvalue weighted by atomic mass is 10.2. The molecule has 1 saturated heterocycles. The van der Waals surface area contributed by atoms with Crippen molar-refractivity contribution in [3.05, 3.63) is 0 Å². The molecule has 26 heavy (non-hydrogen) atoms. The van der Waals surface area contributed by atoms with Crippen molar-refractivity contribution in [1.82, 2.24) is 31.3 Å². The molecule has 11 heteroatoms. The highest BCUT2D eigenvalue weighted by molar-refractivity contribution is 6.35. The van der Waals surface area contributed by atoms with Crippen LogP contribution in [0.25, 0.3) is 0 Å². The number of hydrazine groups is 1. The molecule has 0 aromatic rings. The van der Waals surface area contributed by atoms with Crippen LogP contribution in [-0.4, -0.2) is 78.7 Å². The van der Waals surface area contributed by atoms with Gasteiger partial charge in [0.25, 0.3) is 5.91 Å². The van der Waals surface area contributed by atoms with Crippen LogP contribution in [-0.2, 0) is 19.2 Å². The van der Waals surface area contributed by atoms with Crippen LogP contribution in [0.3, 0.4) is 0 Å². The maximum atomic E-state index is 12.2. The van der Waals surface area contributed by atoms with Crippen LogP contribution in [0.5, 0.6) is 0 Å². The Morgan fingerprint density at radius 1 is 1.12 bits per heavy atom. The summed E-state index contributed by atoms with van der Waals surface area (Å²) in [4.78, 5) is 61.6. The minimum atomic E-state index is -0.843. The second kappa shape index (κ2) is 9.59. The van der Waals surface area contributed by atoms with Gasteiger partial charge in [0.05, 0.1) is 6.54 Å². The van der Waals surface area contributed by atoms with E-state index in [0.717, 1.165) is 0 Å². The summed E-state index contributed by atoms with van der Waals surface area (Å²) in [7, 11) is 3.09. The molecule has 11 nitrogen and oxygen atoms in total. The Morgan fingerprint density at radius 2 is 1.77 bits per heavy atom. The van der Waals surface area contributed by atoms with Gasteiger partial charge in [0.1, 0.15) is 6.04 Å². The molecule has 0 radical (unpaired) electrons. The Balaban J connectivity index is 2.50. The van der Waals surface area contributed by atoms with E-state index in [1.165, 1.54) is 9.80 Å². The average Bonchev–Trinajstić information content (AvgIpc) is 3.05. The quantitative estimate of drug-likeness (QED) is 0.332. The summed E-state index contributed by atoms with van der Waals surface area (Å²) in [6, 6.07) is -1.80. The Hall–Kier alpha value is -2.85. The second-order valence-electron chi connectivity index (χ2n) is 6.37. The Kier molecular flexibility index (Phi) is 7.81. The van der Waals surface area contributed by atoms with Crippen LogP contribution in [0, 0.1) is 0 Å². The molecule has 1 aliphatic rings. The van der Waals surface area contributed by atoms with Gasteiger partial charge in [0.2, 0.25) is 5.91 Å². The monoisotopic (exact) mass is 370 g/mol. The molecule has 0 aromatic carbocycles. The molecule has 1 atom stereocenters. The van der Waals surface area contributed by atoms with Crippen LogP contribution >= 0.6 is 0 Å². The van der Waals surface area contributed by atoms with E-state index in [2.05, 4.69) is 21.5 Å². The first kappa shape index (κ1) is 21.2. The topological polar surface area (TPSA) is 140 Å². The highest BCUT2D eigenvalue weighted by atomic mass is 16.2. The molecule has 1 rings (SSSR count). The molecule has 4 N–H and O–H groups in total. The van der Waals surface area contributed by atoms with Gasteiger partial charge in [-0.15, -0.1) is 0 Å². The molecule has 1 fully saturated rings. The normalized spacial score (nSPS) is 16.0. The molecule has 0 saturated carbocycles. The summed E-state index contributed by atoms with van der Waals surface area (Å²) >= 11 is 0. The van der Waals surface area contributed by atoms with Crippen molar-refractivity contribution in [1.29, 1.82) is 0 Å². The zero-order valence-corrected chi connectivity index (χ0v) is 15.4. The number of likely N-dealkylation sites (tertiary alicyclic amines) is 1. The molecule has 0 spiro atoms. The molecule has 0 aromatic heterocycles. The van der Waals surface area contributed by atoms with Crippen LogP contribution in [0.15, 0.2) is 0 Å². The summed E-state index contributed by atoms with van der Waals surface area (Å²) < 4.78 is 0. The Bertz CT molecular complexity index is 577. The zero-order chi connectivity index (χ0) is 19.9. The number of rotatable bonds is 4. The largest absolute Gasteiger partial charge is 0.347 e. The molecule has 0 aliphatic carbocycles. The summed E-state index contributed by atoms with van der Waals surface area (Å²) in [6.45, 7) is 3.51. The number of hydrogen-bond acceptors (Lipinski definition) is 5. The van der Waals surface area contributed by atoms with Gasteiger partial charge in [-0.3, -0.25) is 24.6 Å². The molecule has 146 valence electrons. The van der Waals surface area contributed by atoms with E-state index in [0.29, 0.717) is 12.8 Å². The summed E-state index contributed by atoms with van der Waals surface area (Å²) in [5, 5.41) is 4.77. The number of likely N-dealkylation sites (N-methyl/N-ethyl adjacent to an activating group) is 1. The van der Waals surface area contributed by atoms with Crippen molar-refractivity contribution in [3.8, 4) is 0 Å². The Morgan fingerprint density at radius 3 is 2.35 bits per heavy atom. The highest BCUT2D eigenvalue weighted by Crippen LogP contribution is 2.17. The highest BCUT2D eigenvalue weighted by Gasteiger charge is 2.37. The minimum Gasteiger partial charge on any atom is -0.347 e. The van der Waals surface area contributed by atoms with Crippen LogP contribution in [0.2, 0.25) is 0 Å². The second-order valence-corrected chi connectivity index (χ2v) is 6.37. The summed E-state index contributed by atoms with van der Waals surface area (Å²) in [5.74, 6) is -2.47. The first-order valence-electron chi connectivity index (χ1n) is 8.28. The van der Waals surface area contributed by atoms with Gasteiger partial charge < -0.3 is 20.4 Å². The summed E-state index contributed by atoms with van der Waals surface area (Å²) in [6.07, 6.45) is 0.956. The third-order valence-corrected chi connectivity index (χ3v) is 3.63. The van der Waals surface area contributed by atoms with Gasteiger partial charge in [-0.2, -0.15) is 0 Å². The van der Waals surface area contributed by atoms with Crippen molar-refractivity contribution in [3.63, 3.8) is 0 Å².